The van der Waals surface area contributed by atoms with Crippen molar-refractivity contribution in [2.75, 3.05) is 26.7 Å². The maximum atomic E-state index is 12.4. The summed E-state index contributed by atoms with van der Waals surface area (Å²) < 4.78 is 5.16. The summed E-state index contributed by atoms with van der Waals surface area (Å²) >= 11 is 0. The summed E-state index contributed by atoms with van der Waals surface area (Å²) in [5.74, 6) is 1.74. The first-order valence-corrected chi connectivity index (χ1v) is 9.40. The number of benzene rings is 2. The highest BCUT2D eigenvalue weighted by Crippen LogP contribution is 2.21. The van der Waals surface area contributed by atoms with Crippen LogP contribution >= 0.6 is 0 Å². The number of methoxy groups -OCH3 is 1. The molecule has 0 aliphatic carbocycles. The van der Waals surface area contributed by atoms with Crippen molar-refractivity contribution < 1.29 is 9.53 Å². The van der Waals surface area contributed by atoms with Gasteiger partial charge in [0.05, 0.1) is 13.7 Å². The lowest BCUT2D eigenvalue weighted by molar-refractivity contribution is -0.131. The van der Waals surface area contributed by atoms with Crippen molar-refractivity contribution in [2.24, 2.45) is 5.92 Å². The fourth-order valence-electron chi connectivity index (χ4n) is 3.50. The molecule has 3 rings (SSSR count). The van der Waals surface area contributed by atoms with Gasteiger partial charge in [-0.1, -0.05) is 42.5 Å². The number of hydrogen-bond acceptors (Lipinski definition) is 3. The monoisotopic (exact) mass is 352 g/mol. The zero-order chi connectivity index (χ0) is 18.2. The molecule has 0 spiro atoms. The minimum atomic E-state index is 0.205. The Morgan fingerprint density at radius 3 is 2.38 bits per heavy atom. The van der Waals surface area contributed by atoms with Crippen molar-refractivity contribution in [2.45, 2.75) is 25.8 Å². The molecule has 1 amide bonds. The van der Waals surface area contributed by atoms with Crippen molar-refractivity contribution >= 4 is 5.91 Å². The van der Waals surface area contributed by atoms with E-state index in [0.717, 1.165) is 43.7 Å². The van der Waals surface area contributed by atoms with E-state index in [0.29, 0.717) is 19.0 Å². The number of nitrogens with one attached hydrogen (secondary N) is 1. The second-order valence-electron chi connectivity index (χ2n) is 6.97. The molecule has 0 radical (unpaired) electrons. The molecule has 1 N–H and O–H groups in total. The van der Waals surface area contributed by atoms with E-state index in [-0.39, 0.29) is 5.91 Å². The number of hydrogen-bond donors (Lipinski definition) is 1. The Morgan fingerprint density at radius 1 is 1.04 bits per heavy atom. The smallest absolute Gasteiger partial charge is 0.236 e. The largest absolute Gasteiger partial charge is 0.497 e. The number of nitrogens with zero attached hydrogens (tertiary/aromatic N) is 1. The minimum absolute atomic E-state index is 0.205. The summed E-state index contributed by atoms with van der Waals surface area (Å²) in [5.41, 5.74) is 2.55. The van der Waals surface area contributed by atoms with Crippen LogP contribution < -0.4 is 10.1 Å². The number of ether oxygens (including phenoxy) is 1. The third-order valence-corrected chi connectivity index (χ3v) is 5.10. The van der Waals surface area contributed by atoms with Gasteiger partial charge in [0.15, 0.2) is 0 Å². The zero-order valence-electron chi connectivity index (χ0n) is 15.5. The lowest BCUT2D eigenvalue weighted by Crippen LogP contribution is -2.43. The molecule has 4 nitrogen and oxygen atoms in total. The molecule has 0 unspecified atom stereocenters. The van der Waals surface area contributed by atoms with Crippen LogP contribution in [0.3, 0.4) is 0 Å². The summed E-state index contributed by atoms with van der Waals surface area (Å²) in [4.78, 5) is 14.4. The molecule has 1 aliphatic heterocycles. The Hall–Kier alpha value is -2.33. The molecule has 0 saturated carbocycles. The van der Waals surface area contributed by atoms with E-state index in [2.05, 4.69) is 35.6 Å². The Bertz CT molecular complexity index is 677. The van der Waals surface area contributed by atoms with Gasteiger partial charge in [-0.15, -0.1) is 0 Å². The molecule has 4 heteroatoms. The topological polar surface area (TPSA) is 41.6 Å². The summed E-state index contributed by atoms with van der Waals surface area (Å²) in [6.07, 6.45) is 3.32. The van der Waals surface area contributed by atoms with Crippen LogP contribution in [-0.2, 0) is 17.8 Å². The molecule has 26 heavy (non-hydrogen) atoms. The van der Waals surface area contributed by atoms with Gasteiger partial charge in [0.25, 0.3) is 0 Å². The van der Waals surface area contributed by atoms with Gasteiger partial charge < -0.3 is 15.0 Å². The van der Waals surface area contributed by atoms with Crippen molar-refractivity contribution in [3.63, 3.8) is 0 Å². The SMILES string of the molecule is COc1ccc(CNCC(=O)N2CCC(Cc3ccccc3)CC2)cc1. The average Bonchev–Trinajstić information content (AvgIpc) is 2.70. The Morgan fingerprint density at radius 2 is 1.73 bits per heavy atom. The number of carbonyl (C=O) groups excluding carboxylic acids is 1. The molecule has 2 aromatic carbocycles. The number of likely N-dealkylation sites (tertiary alicyclic amines) is 1. The van der Waals surface area contributed by atoms with Crippen LogP contribution in [-0.4, -0.2) is 37.6 Å². The molecule has 0 bridgehead atoms. The fourth-order valence-corrected chi connectivity index (χ4v) is 3.50. The van der Waals surface area contributed by atoms with Gasteiger partial charge in [0, 0.05) is 19.6 Å². The molecule has 0 aromatic heterocycles. The van der Waals surface area contributed by atoms with Crippen LogP contribution in [0.25, 0.3) is 0 Å². The van der Waals surface area contributed by atoms with Crippen LogP contribution in [0.15, 0.2) is 54.6 Å². The van der Waals surface area contributed by atoms with Gasteiger partial charge in [0.1, 0.15) is 5.75 Å². The molecule has 1 fully saturated rings. The van der Waals surface area contributed by atoms with Crippen LogP contribution in [0.1, 0.15) is 24.0 Å². The molecule has 0 atom stereocenters. The highest BCUT2D eigenvalue weighted by molar-refractivity contribution is 5.78. The first-order valence-electron chi connectivity index (χ1n) is 9.40. The standard InChI is InChI=1S/C22H28N2O2/c1-26-21-9-7-20(8-10-21)16-23-17-22(25)24-13-11-19(12-14-24)15-18-5-3-2-4-6-18/h2-10,19,23H,11-17H2,1H3. The van der Waals surface area contributed by atoms with Gasteiger partial charge in [-0.2, -0.15) is 0 Å². The average molecular weight is 352 g/mol. The molecule has 1 saturated heterocycles. The molecular weight excluding hydrogens is 324 g/mol. The quantitative estimate of drug-likeness (QED) is 0.832. The van der Waals surface area contributed by atoms with E-state index in [1.165, 1.54) is 5.56 Å². The van der Waals surface area contributed by atoms with E-state index >= 15 is 0 Å². The van der Waals surface area contributed by atoms with E-state index < -0.39 is 0 Å². The third kappa shape index (κ3) is 5.33. The Balaban J connectivity index is 1.36. The van der Waals surface area contributed by atoms with Crippen LogP contribution in [0.4, 0.5) is 0 Å². The zero-order valence-corrected chi connectivity index (χ0v) is 15.5. The van der Waals surface area contributed by atoms with E-state index in [1.54, 1.807) is 7.11 Å². The lowest BCUT2D eigenvalue weighted by atomic mass is 9.90. The van der Waals surface area contributed by atoms with Crippen molar-refractivity contribution in [1.82, 2.24) is 10.2 Å². The van der Waals surface area contributed by atoms with Gasteiger partial charge in [-0.25, -0.2) is 0 Å². The van der Waals surface area contributed by atoms with Crippen molar-refractivity contribution in [1.29, 1.82) is 0 Å². The molecule has 2 aromatic rings. The predicted molar refractivity (Wildman–Crippen MR) is 104 cm³/mol. The molecule has 1 aliphatic rings. The number of piperidine rings is 1. The number of carbonyl (C=O) groups is 1. The van der Waals surface area contributed by atoms with Gasteiger partial charge in [-0.3, -0.25) is 4.79 Å². The first kappa shape index (κ1) is 18.5. The second-order valence-corrected chi connectivity index (χ2v) is 6.97. The molecule has 1 heterocycles. The van der Waals surface area contributed by atoms with Gasteiger partial charge in [0.2, 0.25) is 5.91 Å². The maximum Gasteiger partial charge on any atom is 0.236 e. The third-order valence-electron chi connectivity index (χ3n) is 5.10. The fraction of sp³-hybridized carbons (Fsp3) is 0.409. The summed E-state index contributed by atoms with van der Waals surface area (Å²) in [6.45, 7) is 2.84. The Labute approximate surface area is 156 Å². The summed E-state index contributed by atoms with van der Waals surface area (Å²) in [5, 5.41) is 3.26. The van der Waals surface area contributed by atoms with Crippen LogP contribution in [0.2, 0.25) is 0 Å². The highest BCUT2D eigenvalue weighted by Gasteiger charge is 2.22. The number of amides is 1. The molecule has 138 valence electrons. The van der Waals surface area contributed by atoms with Crippen LogP contribution in [0, 0.1) is 5.92 Å². The van der Waals surface area contributed by atoms with Crippen LogP contribution in [0.5, 0.6) is 5.75 Å². The van der Waals surface area contributed by atoms with E-state index in [1.807, 2.05) is 29.2 Å². The van der Waals surface area contributed by atoms with Gasteiger partial charge in [-0.05, 0) is 48.4 Å². The molecular formula is C22H28N2O2. The van der Waals surface area contributed by atoms with E-state index in [4.69, 9.17) is 4.74 Å². The Kier molecular flexibility index (Phi) is 6.67. The second kappa shape index (κ2) is 9.39. The summed E-state index contributed by atoms with van der Waals surface area (Å²) in [7, 11) is 1.66. The number of rotatable bonds is 7. The van der Waals surface area contributed by atoms with Gasteiger partial charge >= 0.3 is 0 Å². The first-order chi connectivity index (χ1) is 12.7. The van der Waals surface area contributed by atoms with E-state index in [9.17, 15) is 4.79 Å². The lowest BCUT2D eigenvalue weighted by Gasteiger charge is -2.32. The maximum absolute atomic E-state index is 12.4. The highest BCUT2D eigenvalue weighted by atomic mass is 16.5. The van der Waals surface area contributed by atoms with Crippen molar-refractivity contribution in [3.05, 3.63) is 65.7 Å². The van der Waals surface area contributed by atoms with Crippen molar-refractivity contribution in [3.8, 4) is 5.75 Å². The summed E-state index contributed by atoms with van der Waals surface area (Å²) in [6, 6.07) is 18.6. The minimum Gasteiger partial charge on any atom is -0.497 e. The predicted octanol–water partition coefficient (Wildman–Crippen LogP) is 3.27. The normalized spacial score (nSPS) is 15.0.